The van der Waals surface area contributed by atoms with E-state index in [9.17, 15) is 9.59 Å². The van der Waals surface area contributed by atoms with E-state index in [2.05, 4.69) is 4.98 Å². The normalized spacial score (nSPS) is 10.6. The Morgan fingerprint density at radius 3 is 2.27 bits per heavy atom. The summed E-state index contributed by atoms with van der Waals surface area (Å²) in [5.74, 6) is -0.941. The highest BCUT2D eigenvalue weighted by Crippen LogP contribution is 2.33. The molecule has 0 spiro atoms. The van der Waals surface area contributed by atoms with E-state index >= 15 is 0 Å². The number of rotatable bonds is 6. The van der Waals surface area contributed by atoms with Crippen LogP contribution in [-0.2, 0) is 6.54 Å². The first-order valence-electron chi connectivity index (χ1n) is 10.1. The lowest BCUT2D eigenvalue weighted by molar-refractivity contribution is 0.0979. The van der Waals surface area contributed by atoms with Gasteiger partial charge in [-0.15, -0.1) is 0 Å². The number of carbonyl (C=O) groups is 2. The number of amides is 2. The highest BCUT2D eigenvalue weighted by Gasteiger charge is 2.22. The van der Waals surface area contributed by atoms with Gasteiger partial charge in [0, 0.05) is 23.0 Å². The molecule has 0 atom stereocenters. The zero-order valence-corrected chi connectivity index (χ0v) is 18.9. The van der Waals surface area contributed by atoms with Crippen molar-refractivity contribution >= 4 is 40.7 Å². The maximum Gasteiger partial charge on any atom is 0.260 e. The van der Waals surface area contributed by atoms with E-state index in [-0.39, 0.29) is 22.1 Å². The Labute approximate surface area is 201 Å². The summed E-state index contributed by atoms with van der Waals surface area (Å²) in [5, 5.41) is 0.668. The minimum atomic E-state index is -0.616. The molecule has 0 radical (unpaired) electrons. The van der Waals surface area contributed by atoms with Gasteiger partial charge in [-0.1, -0.05) is 59.6 Å². The number of primary amides is 1. The number of benzene rings is 3. The van der Waals surface area contributed by atoms with Crippen molar-refractivity contribution < 1.29 is 9.59 Å². The molecule has 5 nitrogen and oxygen atoms in total. The molecule has 4 rings (SSSR count). The van der Waals surface area contributed by atoms with Gasteiger partial charge in [-0.05, 0) is 54.1 Å². The lowest BCUT2D eigenvalue weighted by atomic mass is 10.1. The highest BCUT2D eigenvalue weighted by atomic mass is 35.5. The van der Waals surface area contributed by atoms with Gasteiger partial charge in [0.1, 0.15) is 0 Å². The third-order valence-electron chi connectivity index (χ3n) is 5.12. The minimum absolute atomic E-state index is 0.147. The maximum atomic E-state index is 13.7. The van der Waals surface area contributed by atoms with E-state index < -0.39 is 5.91 Å². The maximum absolute atomic E-state index is 13.7. The summed E-state index contributed by atoms with van der Waals surface area (Å²) in [4.78, 5) is 31.1. The number of carbonyl (C=O) groups excluding carboxylic acids is 2. The zero-order valence-electron chi connectivity index (χ0n) is 17.4. The predicted octanol–water partition coefficient (Wildman–Crippen LogP) is 6.00. The molecule has 3 aromatic carbocycles. The van der Waals surface area contributed by atoms with Crippen molar-refractivity contribution in [3.63, 3.8) is 0 Å². The van der Waals surface area contributed by atoms with Crippen molar-refractivity contribution in [2.75, 3.05) is 4.90 Å². The van der Waals surface area contributed by atoms with Crippen molar-refractivity contribution in [2.45, 2.75) is 6.54 Å². The van der Waals surface area contributed by atoms with Gasteiger partial charge in [0.25, 0.3) is 5.91 Å². The molecular formula is C26H19Cl2N3O2. The van der Waals surface area contributed by atoms with Crippen LogP contribution in [0.25, 0.3) is 11.3 Å². The average molecular weight is 476 g/mol. The number of pyridine rings is 1. The van der Waals surface area contributed by atoms with Crippen molar-refractivity contribution in [3.8, 4) is 11.3 Å². The van der Waals surface area contributed by atoms with Crippen LogP contribution in [0, 0.1) is 0 Å². The van der Waals surface area contributed by atoms with Crippen LogP contribution in [0.5, 0.6) is 0 Å². The fourth-order valence-electron chi connectivity index (χ4n) is 3.43. The first-order valence-corrected chi connectivity index (χ1v) is 10.9. The third kappa shape index (κ3) is 5.06. The standard InChI is InChI=1S/C26H19Cl2N3O2/c27-22-12-10-19(15-21(22)24-8-4-5-13-30-24)31(16-17-6-2-1-3-7-17)26(33)20-11-9-18(25(29)32)14-23(20)28/h1-15H,16H2,(H2,29,32). The van der Waals surface area contributed by atoms with Crippen molar-refractivity contribution in [1.82, 2.24) is 4.98 Å². The average Bonchev–Trinajstić information content (AvgIpc) is 2.83. The van der Waals surface area contributed by atoms with Crippen LogP contribution in [-0.4, -0.2) is 16.8 Å². The van der Waals surface area contributed by atoms with Gasteiger partial charge < -0.3 is 10.6 Å². The molecule has 33 heavy (non-hydrogen) atoms. The van der Waals surface area contributed by atoms with E-state index in [1.807, 2.05) is 54.6 Å². The Balaban J connectivity index is 1.79. The Morgan fingerprint density at radius 1 is 0.848 bits per heavy atom. The quantitative estimate of drug-likeness (QED) is 0.371. The van der Waals surface area contributed by atoms with Crippen molar-refractivity contribution in [2.24, 2.45) is 5.73 Å². The van der Waals surface area contributed by atoms with E-state index in [4.69, 9.17) is 28.9 Å². The van der Waals surface area contributed by atoms with Gasteiger partial charge in [-0.2, -0.15) is 0 Å². The smallest absolute Gasteiger partial charge is 0.260 e. The number of nitrogens with two attached hydrogens (primary N) is 1. The lowest BCUT2D eigenvalue weighted by Crippen LogP contribution is -2.31. The molecule has 0 unspecified atom stereocenters. The molecular weight excluding hydrogens is 457 g/mol. The van der Waals surface area contributed by atoms with Gasteiger partial charge in [0.05, 0.1) is 27.8 Å². The monoisotopic (exact) mass is 475 g/mol. The highest BCUT2D eigenvalue weighted by molar-refractivity contribution is 6.35. The molecule has 4 aromatic rings. The molecule has 0 aliphatic heterocycles. The molecule has 1 heterocycles. The van der Waals surface area contributed by atoms with Gasteiger partial charge in [-0.3, -0.25) is 14.6 Å². The minimum Gasteiger partial charge on any atom is -0.366 e. The second-order valence-corrected chi connectivity index (χ2v) is 8.13. The van der Waals surface area contributed by atoms with Crippen LogP contribution in [0.2, 0.25) is 10.0 Å². The second-order valence-electron chi connectivity index (χ2n) is 7.31. The topological polar surface area (TPSA) is 76.3 Å². The summed E-state index contributed by atoms with van der Waals surface area (Å²) in [6.45, 7) is 0.302. The molecule has 0 fully saturated rings. The molecule has 7 heteroatoms. The molecule has 1 aromatic heterocycles. The molecule has 2 amide bonds. The number of hydrogen-bond acceptors (Lipinski definition) is 3. The van der Waals surface area contributed by atoms with Crippen LogP contribution in [0.1, 0.15) is 26.3 Å². The molecule has 0 bridgehead atoms. The Bertz CT molecular complexity index is 1310. The summed E-state index contributed by atoms with van der Waals surface area (Å²) >= 11 is 12.8. The van der Waals surface area contributed by atoms with Crippen molar-refractivity contribution in [1.29, 1.82) is 0 Å². The van der Waals surface area contributed by atoms with Gasteiger partial charge in [-0.25, -0.2) is 0 Å². The Kier molecular flexibility index (Phi) is 6.73. The molecule has 0 aliphatic carbocycles. The third-order valence-corrected chi connectivity index (χ3v) is 5.76. The zero-order chi connectivity index (χ0) is 23.4. The fourth-order valence-corrected chi connectivity index (χ4v) is 3.91. The van der Waals surface area contributed by atoms with E-state index in [0.717, 1.165) is 5.56 Å². The number of aromatic nitrogens is 1. The number of anilines is 1. The van der Waals surface area contributed by atoms with E-state index in [1.165, 1.54) is 18.2 Å². The van der Waals surface area contributed by atoms with Gasteiger partial charge >= 0.3 is 0 Å². The van der Waals surface area contributed by atoms with Crippen LogP contribution in [0.3, 0.4) is 0 Å². The van der Waals surface area contributed by atoms with Crippen molar-refractivity contribution in [3.05, 3.63) is 118 Å². The van der Waals surface area contributed by atoms with Gasteiger partial charge in [0.15, 0.2) is 0 Å². The predicted molar refractivity (Wildman–Crippen MR) is 132 cm³/mol. The Hall–Kier alpha value is -3.67. The number of nitrogens with zero attached hydrogens (tertiary/aromatic N) is 2. The number of hydrogen-bond donors (Lipinski definition) is 1. The molecule has 0 saturated carbocycles. The van der Waals surface area contributed by atoms with E-state index in [0.29, 0.717) is 28.5 Å². The molecule has 2 N–H and O–H groups in total. The van der Waals surface area contributed by atoms with Crippen LogP contribution >= 0.6 is 23.2 Å². The van der Waals surface area contributed by atoms with E-state index in [1.54, 1.807) is 23.2 Å². The summed E-state index contributed by atoms with van der Waals surface area (Å²) in [5.41, 5.74) is 8.79. The van der Waals surface area contributed by atoms with Gasteiger partial charge in [0.2, 0.25) is 5.91 Å². The first kappa shape index (κ1) is 22.5. The summed E-state index contributed by atoms with van der Waals surface area (Å²) in [6.07, 6.45) is 1.69. The van der Waals surface area contributed by atoms with Crippen LogP contribution in [0.4, 0.5) is 5.69 Å². The van der Waals surface area contributed by atoms with Crippen LogP contribution < -0.4 is 10.6 Å². The summed E-state index contributed by atoms with van der Waals surface area (Å²) in [6, 6.07) is 24.9. The SMILES string of the molecule is NC(=O)c1ccc(C(=O)N(Cc2ccccc2)c2ccc(Cl)c(-c3ccccn3)c2)c(Cl)c1. The lowest BCUT2D eigenvalue weighted by Gasteiger charge is -2.24. The second kappa shape index (κ2) is 9.86. The molecule has 0 saturated heterocycles. The summed E-state index contributed by atoms with van der Waals surface area (Å²) in [7, 11) is 0. The largest absolute Gasteiger partial charge is 0.366 e. The number of halogens is 2. The summed E-state index contributed by atoms with van der Waals surface area (Å²) < 4.78 is 0. The molecule has 164 valence electrons. The Morgan fingerprint density at radius 2 is 1.61 bits per heavy atom. The first-order chi connectivity index (χ1) is 15.9. The molecule has 0 aliphatic rings. The van der Waals surface area contributed by atoms with Crippen LogP contribution in [0.15, 0.2) is 91.1 Å². The fraction of sp³-hybridized carbons (Fsp3) is 0.0385.